The Balaban J connectivity index is 1.46. The van der Waals surface area contributed by atoms with E-state index in [9.17, 15) is 5.11 Å². The fourth-order valence-electron chi connectivity index (χ4n) is 8.94. The normalized spacial score (nSPS) is 25.1. The van der Waals surface area contributed by atoms with Crippen LogP contribution in [-0.4, -0.2) is 25.4 Å². The Hall–Kier alpha value is -2.78. The molecule has 0 aromatic heterocycles. The van der Waals surface area contributed by atoms with Crippen LogP contribution in [0.25, 0.3) is 11.1 Å². The standard InChI is InChI=1S/C38H49NO2/c1-25-14-30(21-31(15-25)38-22-27-18-28(23-38)20-29(19-27)24-38)32-10-7-8-11-34(32)39(12-9-13-41-6)35-17-26(2)16-33(36(35)40)37(3,4)5/h7-8,10-11,14-17,21,27-29,40H,9,12-13,18-20,22-24H2,1-6H3. The lowest BCUT2D eigenvalue weighted by Gasteiger charge is -2.57. The van der Waals surface area contributed by atoms with Crippen LogP contribution in [0.5, 0.6) is 5.75 Å². The second-order valence-corrected chi connectivity index (χ2v) is 14.7. The van der Waals surface area contributed by atoms with Gasteiger partial charge in [-0.25, -0.2) is 0 Å². The highest BCUT2D eigenvalue weighted by Gasteiger charge is 2.51. The molecule has 41 heavy (non-hydrogen) atoms. The summed E-state index contributed by atoms with van der Waals surface area (Å²) in [6, 6.07) is 20.5. The number of methoxy groups -OCH3 is 1. The second-order valence-electron chi connectivity index (χ2n) is 14.7. The largest absolute Gasteiger partial charge is 0.505 e. The number of hydrogen-bond donors (Lipinski definition) is 1. The molecule has 3 aromatic carbocycles. The summed E-state index contributed by atoms with van der Waals surface area (Å²) < 4.78 is 5.47. The predicted octanol–water partition coefficient (Wildman–Crippen LogP) is 9.62. The van der Waals surface area contributed by atoms with E-state index in [2.05, 4.69) is 94.1 Å². The Labute approximate surface area is 247 Å². The summed E-state index contributed by atoms with van der Waals surface area (Å²) in [6.07, 6.45) is 9.39. The number of rotatable bonds is 8. The van der Waals surface area contributed by atoms with Crippen molar-refractivity contribution in [1.29, 1.82) is 0 Å². The maximum absolute atomic E-state index is 11.7. The van der Waals surface area contributed by atoms with Crippen molar-refractivity contribution in [2.24, 2.45) is 17.8 Å². The first-order chi connectivity index (χ1) is 19.6. The van der Waals surface area contributed by atoms with E-state index in [4.69, 9.17) is 4.74 Å². The maximum Gasteiger partial charge on any atom is 0.142 e. The molecule has 7 rings (SSSR count). The summed E-state index contributed by atoms with van der Waals surface area (Å²) in [6.45, 7) is 12.4. The second kappa shape index (κ2) is 10.8. The molecule has 4 aliphatic rings. The van der Waals surface area contributed by atoms with Crippen LogP contribution >= 0.6 is 0 Å². The van der Waals surface area contributed by atoms with Gasteiger partial charge in [-0.05, 0) is 116 Å². The number of aromatic hydroxyl groups is 1. The van der Waals surface area contributed by atoms with Gasteiger partial charge in [0.15, 0.2) is 0 Å². The van der Waals surface area contributed by atoms with E-state index >= 15 is 0 Å². The Morgan fingerprint density at radius 2 is 1.49 bits per heavy atom. The first-order valence-corrected chi connectivity index (χ1v) is 15.9. The highest BCUT2D eigenvalue weighted by Crippen LogP contribution is 2.61. The predicted molar refractivity (Wildman–Crippen MR) is 172 cm³/mol. The summed E-state index contributed by atoms with van der Waals surface area (Å²) in [7, 11) is 1.76. The van der Waals surface area contributed by atoms with Gasteiger partial charge in [0.1, 0.15) is 5.75 Å². The van der Waals surface area contributed by atoms with E-state index in [-0.39, 0.29) is 5.41 Å². The topological polar surface area (TPSA) is 32.7 Å². The van der Waals surface area contributed by atoms with Gasteiger partial charge in [-0.15, -0.1) is 0 Å². The van der Waals surface area contributed by atoms with Crippen molar-refractivity contribution in [3.8, 4) is 16.9 Å². The van der Waals surface area contributed by atoms with Crippen LogP contribution in [0.4, 0.5) is 11.4 Å². The minimum Gasteiger partial charge on any atom is -0.505 e. The van der Waals surface area contributed by atoms with Gasteiger partial charge in [0.2, 0.25) is 0 Å². The molecule has 0 unspecified atom stereocenters. The van der Waals surface area contributed by atoms with Crippen LogP contribution in [-0.2, 0) is 15.6 Å². The summed E-state index contributed by atoms with van der Waals surface area (Å²) in [5.74, 6) is 3.16. The number of phenolic OH excluding ortho intramolecular Hbond substituents is 1. The Morgan fingerprint density at radius 3 is 2.12 bits per heavy atom. The van der Waals surface area contributed by atoms with Crippen molar-refractivity contribution in [2.75, 3.05) is 25.2 Å². The number of anilines is 2. The van der Waals surface area contributed by atoms with Gasteiger partial charge in [0.25, 0.3) is 0 Å². The zero-order valence-corrected chi connectivity index (χ0v) is 26.1. The molecule has 3 heteroatoms. The molecule has 4 bridgehead atoms. The summed E-state index contributed by atoms with van der Waals surface area (Å²) in [5, 5.41) is 11.7. The van der Waals surface area contributed by atoms with Crippen LogP contribution in [0.3, 0.4) is 0 Å². The fraction of sp³-hybridized carbons (Fsp3) is 0.526. The number of nitrogens with zero attached hydrogens (tertiary/aromatic N) is 1. The third-order valence-corrected chi connectivity index (χ3v) is 10.3. The quantitative estimate of drug-likeness (QED) is 0.283. The summed E-state index contributed by atoms with van der Waals surface area (Å²) >= 11 is 0. The van der Waals surface area contributed by atoms with Gasteiger partial charge in [-0.2, -0.15) is 0 Å². The molecule has 0 spiro atoms. The lowest BCUT2D eigenvalue weighted by molar-refractivity contribution is -0.00519. The van der Waals surface area contributed by atoms with Crippen LogP contribution in [0.15, 0.2) is 54.6 Å². The Bertz CT molecular complexity index is 1380. The minimum absolute atomic E-state index is 0.161. The van der Waals surface area contributed by atoms with Crippen molar-refractivity contribution in [3.63, 3.8) is 0 Å². The summed E-state index contributed by atoms with van der Waals surface area (Å²) in [4.78, 5) is 2.33. The van der Waals surface area contributed by atoms with E-state index < -0.39 is 0 Å². The van der Waals surface area contributed by atoms with E-state index in [1.54, 1.807) is 12.7 Å². The van der Waals surface area contributed by atoms with E-state index in [0.29, 0.717) is 17.8 Å². The molecule has 0 aliphatic heterocycles. The number of para-hydroxylation sites is 1. The minimum atomic E-state index is -0.161. The van der Waals surface area contributed by atoms with Crippen molar-refractivity contribution >= 4 is 11.4 Å². The number of benzene rings is 3. The first-order valence-electron chi connectivity index (χ1n) is 15.9. The molecule has 1 N–H and O–H groups in total. The van der Waals surface area contributed by atoms with Crippen LogP contribution < -0.4 is 4.90 Å². The third-order valence-electron chi connectivity index (χ3n) is 10.3. The van der Waals surface area contributed by atoms with Gasteiger partial charge < -0.3 is 14.7 Å². The molecular formula is C38H49NO2. The zero-order chi connectivity index (χ0) is 28.9. The average molecular weight is 552 g/mol. The Kier molecular flexibility index (Phi) is 7.47. The molecular weight excluding hydrogens is 502 g/mol. The van der Waals surface area contributed by atoms with Gasteiger partial charge >= 0.3 is 0 Å². The van der Waals surface area contributed by atoms with Crippen LogP contribution in [0.1, 0.15) is 88.0 Å². The molecule has 4 aliphatic carbocycles. The van der Waals surface area contributed by atoms with Crippen LogP contribution in [0.2, 0.25) is 0 Å². The molecule has 0 heterocycles. The zero-order valence-electron chi connectivity index (χ0n) is 26.1. The van der Waals surface area contributed by atoms with Crippen molar-refractivity contribution in [2.45, 2.75) is 90.4 Å². The number of phenols is 1. The maximum atomic E-state index is 11.7. The van der Waals surface area contributed by atoms with Gasteiger partial charge in [0.05, 0.1) is 5.69 Å². The molecule has 3 aromatic rings. The lowest BCUT2D eigenvalue weighted by atomic mass is 9.48. The number of hydrogen-bond acceptors (Lipinski definition) is 3. The number of ether oxygens (including phenoxy) is 1. The molecule has 218 valence electrons. The SMILES string of the molecule is COCCCN(c1ccccc1-c1cc(C)cc(C23CC4CC(CC(C4)C2)C3)c1)c1cc(C)cc(C(C)(C)C)c1O. The molecule has 0 amide bonds. The first kappa shape index (κ1) is 28.3. The van der Waals surface area contributed by atoms with E-state index in [1.807, 2.05) is 0 Å². The Morgan fingerprint density at radius 1 is 0.854 bits per heavy atom. The van der Waals surface area contributed by atoms with Gasteiger partial charge in [-0.1, -0.05) is 68.8 Å². The highest BCUT2D eigenvalue weighted by atomic mass is 16.5. The molecule has 0 radical (unpaired) electrons. The van der Waals surface area contributed by atoms with Crippen molar-refractivity contribution < 1.29 is 9.84 Å². The van der Waals surface area contributed by atoms with Crippen LogP contribution in [0, 0.1) is 31.6 Å². The molecule has 4 saturated carbocycles. The molecule has 0 atom stereocenters. The summed E-state index contributed by atoms with van der Waals surface area (Å²) in [5.41, 5.74) is 9.83. The van der Waals surface area contributed by atoms with Gasteiger partial charge in [0, 0.05) is 37.1 Å². The molecule has 0 saturated heterocycles. The monoisotopic (exact) mass is 551 g/mol. The average Bonchev–Trinajstić information content (AvgIpc) is 2.91. The molecule has 3 nitrogen and oxygen atoms in total. The fourth-order valence-corrected chi connectivity index (χ4v) is 8.94. The highest BCUT2D eigenvalue weighted by molar-refractivity contribution is 5.85. The smallest absolute Gasteiger partial charge is 0.142 e. The van der Waals surface area contributed by atoms with E-state index in [1.165, 1.54) is 55.2 Å². The lowest BCUT2D eigenvalue weighted by Crippen LogP contribution is -2.48. The van der Waals surface area contributed by atoms with Gasteiger partial charge in [-0.3, -0.25) is 0 Å². The van der Waals surface area contributed by atoms with Crippen molar-refractivity contribution in [3.05, 3.63) is 76.9 Å². The molecule has 4 fully saturated rings. The third kappa shape index (κ3) is 5.43. The van der Waals surface area contributed by atoms with E-state index in [0.717, 1.165) is 53.2 Å². The number of aryl methyl sites for hydroxylation is 2. The van der Waals surface area contributed by atoms with Crippen molar-refractivity contribution in [1.82, 2.24) is 0 Å².